The molecule has 3 aromatic rings. The number of aromatic carboxylic acids is 1. The SMILES string of the molecule is Cc1ccc2c(cc(C(=O)O)n2C)c1OCc1ccccc1. The summed E-state index contributed by atoms with van der Waals surface area (Å²) in [7, 11) is 1.75. The molecular formula is C18H17NO3. The minimum atomic E-state index is -0.939. The van der Waals surface area contributed by atoms with Crippen LogP contribution in [0.3, 0.4) is 0 Å². The lowest BCUT2D eigenvalue weighted by atomic mass is 10.1. The number of hydrogen-bond acceptors (Lipinski definition) is 2. The van der Waals surface area contributed by atoms with Crippen molar-refractivity contribution in [1.82, 2.24) is 4.57 Å². The van der Waals surface area contributed by atoms with E-state index in [-0.39, 0.29) is 5.69 Å². The maximum atomic E-state index is 11.3. The van der Waals surface area contributed by atoms with Gasteiger partial charge >= 0.3 is 5.97 Å². The van der Waals surface area contributed by atoms with Gasteiger partial charge in [0.25, 0.3) is 0 Å². The molecule has 3 rings (SSSR count). The summed E-state index contributed by atoms with van der Waals surface area (Å²) in [5.74, 6) is -0.199. The van der Waals surface area contributed by atoms with Gasteiger partial charge in [0.2, 0.25) is 0 Å². The van der Waals surface area contributed by atoms with Crippen LogP contribution >= 0.6 is 0 Å². The van der Waals surface area contributed by atoms with Crippen molar-refractivity contribution in [3.8, 4) is 5.75 Å². The lowest BCUT2D eigenvalue weighted by Gasteiger charge is -2.11. The van der Waals surface area contributed by atoms with Crippen LogP contribution in [-0.4, -0.2) is 15.6 Å². The molecule has 0 unspecified atom stereocenters. The Morgan fingerprint density at radius 2 is 1.91 bits per heavy atom. The molecule has 0 atom stereocenters. The number of carboxylic acid groups (broad SMARTS) is 1. The monoisotopic (exact) mass is 295 g/mol. The minimum Gasteiger partial charge on any atom is -0.488 e. The highest BCUT2D eigenvalue weighted by atomic mass is 16.5. The highest BCUT2D eigenvalue weighted by molar-refractivity contribution is 5.97. The van der Waals surface area contributed by atoms with E-state index in [0.717, 1.165) is 27.8 Å². The lowest BCUT2D eigenvalue weighted by molar-refractivity contribution is 0.0687. The Kier molecular flexibility index (Phi) is 3.59. The molecule has 2 aromatic carbocycles. The molecular weight excluding hydrogens is 278 g/mol. The van der Waals surface area contributed by atoms with E-state index in [1.165, 1.54) is 0 Å². The summed E-state index contributed by atoms with van der Waals surface area (Å²) in [5.41, 5.74) is 3.18. The molecule has 0 radical (unpaired) electrons. The minimum absolute atomic E-state index is 0.255. The summed E-state index contributed by atoms with van der Waals surface area (Å²) < 4.78 is 7.65. The summed E-state index contributed by atoms with van der Waals surface area (Å²) in [5, 5.41) is 10.1. The van der Waals surface area contributed by atoms with Crippen LogP contribution in [0.1, 0.15) is 21.6 Å². The van der Waals surface area contributed by atoms with Gasteiger partial charge in [-0.2, -0.15) is 0 Å². The first kappa shape index (κ1) is 14.2. The van der Waals surface area contributed by atoms with Crippen LogP contribution in [-0.2, 0) is 13.7 Å². The number of ether oxygens (including phenoxy) is 1. The number of rotatable bonds is 4. The van der Waals surface area contributed by atoms with Crippen LogP contribution in [0.4, 0.5) is 0 Å². The van der Waals surface area contributed by atoms with E-state index in [1.54, 1.807) is 17.7 Å². The molecule has 0 saturated heterocycles. The van der Waals surface area contributed by atoms with Crippen molar-refractivity contribution in [3.63, 3.8) is 0 Å². The third-order valence-corrected chi connectivity index (χ3v) is 3.82. The predicted octanol–water partition coefficient (Wildman–Crippen LogP) is 3.76. The maximum Gasteiger partial charge on any atom is 0.352 e. The highest BCUT2D eigenvalue weighted by Gasteiger charge is 2.16. The van der Waals surface area contributed by atoms with Gasteiger partial charge in [-0.1, -0.05) is 36.4 Å². The highest BCUT2D eigenvalue weighted by Crippen LogP contribution is 2.32. The zero-order chi connectivity index (χ0) is 15.7. The van der Waals surface area contributed by atoms with Crippen LogP contribution in [0, 0.1) is 6.92 Å². The average Bonchev–Trinajstić information content (AvgIpc) is 2.85. The summed E-state index contributed by atoms with van der Waals surface area (Å²) in [4.78, 5) is 11.3. The quantitative estimate of drug-likeness (QED) is 0.797. The third-order valence-electron chi connectivity index (χ3n) is 3.82. The summed E-state index contributed by atoms with van der Waals surface area (Å²) in [6.07, 6.45) is 0. The van der Waals surface area contributed by atoms with Gasteiger partial charge in [0.15, 0.2) is 0 Å². The fraction of sp³-hybridized carbons (Fsp3) is 0.167. The first-order chi connectivity index (χ1) is 10.6. The van der Waals surface area contributed by atoms with E-state index < -0.39 is 5.97 Å². The van der Waals surface area contributed by atoms with Crippen molar-refractivity contribution in [2.45, 2.75) is 13.5 Å². The zero-order valence-electron chi connectivity index (χ0n) is 12.5. The molecule has 112 valence electrons. The van der Waals surface area contributed by atoms with Crippen molar-refractivity contribution in [2.75, 3.05) is 0 Å². The third kappa shape index (κ3) is 2.44. The number of aryl methyl sites for hydroxylation is 2. The molecule has 1 heterocycles. The number of carbonyl (C=O) groups is 1. The Labute approximate surface area is 128 Å². The van der Waals surface area contributed by atoms with Gasteiger partial charge in [0, 0.05) is 12.4 Å². The Morgan fingerprint density at radius 1 is 1.18 bits per heavy atom. The van der Waals surface area contributed by atoms with E-state index in [1.807, 2.05) is 49.4 Å². The molecule has 0 amide bonds. The molecule has 22 heavy (non-hydrogen) atoms. The normalized spacial score (nSPS) is 10.8. The van der Waals surface area contributed by atoms with E-state index in [4.69, 9.17) is 4.74 Å². The van der Waals surface area contributed by atoms with Gasteiger partial charge in [0.1, 0.15) is 18.1 Å². The predicted molar refractivity (Wildman–Crippen MR) is 85.4 cm³/mol. The number of carboxylic acids is 1. The van der Waals surface area contributed by atoms with Crippen molar-refractivity contribution in [2.24, 2.45) is 7.05 Å². The second kappa shape index (κ2) is 5.56. The van der Waals surface area contributed by atoms with Crippen molar-refractivity contribution in [3.05, 3.63) is 65.4 Å². The first-order valence-electron chi connectivity index (χ1n) is 7.07. The number of aromatic nitrogens is 1. The fourth-order valence-corrected chi connectivity index (χ4v) is 2.62. The van der Waals surface area contributed by atoms with Crippen LogP contribution in [0.2, 0.25) is 0 Å². The second-order valence-electron chi connectivity index (χ2n) is 5.31. The molecule has 0 spiro atoms. The average molecular weight is 295 g/mol. The van der Waals surface area contributed by atoms with Crippen LogP contribution in [0.15, 0.2) is 48.5 Å². The van der Waals surface area contributed by atoms with Crippen LogP contribution < -0.4 is 4.74 Å². The van der Waals surface area contributed by atoms with Crippen molar-refractivity contribution >= 4 is 16.9 Å². The number of hydrogen-bond donors (Lipinski definition) is 1. The first-order valence-corrected chi connectivity index (χ1v) is 7.07. The van der Waals surface area contributed by atoms with Gasteiger partial charge in [-0.25, -0.2) is 4.79 Å². The molecule has 0 fully saturated rings. The van der Waals surface area contributed by atoms with E-state index in [0.29, 0.717) is 6.61 Å². The van der Waals surface area contributed by atoms with E-state index in [2.05, 4.69) is 0 Å². The smallest absolute Gasteiger partial charge is 0.352 e. The summed E-state index contributed by atoms with van der Waals surface area (Å²) in [6.45, 7) is 2.42. The molecule has 0 aliphatic carbocycles. The second-order valence-corrected chi connectivity index (χ2v) is 5.31. The van der Waals surface area contributed by atoms with Crippen molar-refractivity contribution in [1.29, 1.82) is 0 Å². The van der Waals surface area contributed by atoms with Crippen LogP contribution in [0.5, 0.6) is 5.75 Å². The fourth-order valence-electron chi connectivity index (χ4n) is 2.62. The summed E-state index contributed by atoms with van der Waals surface area (Å²) >= 11 is 0. The van der Waals surface area contributed by atoms with Crippen LogP contribution in [0.25, 0.3) is 10.9 Å². The van der Waals surface area contributed by atoms with Gasteiger partial charge in [0.05, 0.1) is 5.52 Å². The van der Waals surface area contributed by atoms with Gasteiger partial charge in [-0.05, 0) is 30.2 Å². The Bertz CT molecular complexity index is 834. The van der Waals surface area contributed by atoms with Gasteiger partial charge in [-0.15, -0.1) is 0 Å². The van der Waals surface area contributed by atoms with Crippen molar-refractivity contribution < 1.29 is 14.6 Å². The molecule has 0 saturated carbocycles. The molecule has 0 bridgehead atoms. The zero-order valence-corrected chi connectivity index (χ0v) is 12.5. The largest absolute Gasteiger partial charge is 0.488 e. The molecule has 1 N–H and O–H groups in total. The standard InChI is InChI=1S/C18H17NO3/c1-12-8-9-15-14(10-16(18(20)21)19(15)2)17(12)22-11-13-6-4-3-5-7-13/h3-10H,11H2,1-2H3,(H,20,21). The maximum absolute atomic E-state index is 11.3. The molecule has 4 nitrogen and oxygen atoms in total. The Hall–Kier alpha value is -2.75. The number of fused-ring (bicyclic) bond motifs is 1. The Morgan fingerprint density at radius 3 is 2.59 bits per heavy atom. The molecule has 0 aliphatic heterocycles. The Balaban J connectivity index is 2.02. The van der Waals surface area contributed by atoms with E-state index >= 15 is 0 Å². The number of nitrogens with zero attached hydrogens (tertiary/aromatic N) is 1. The summed E-state index contributed by atoms with van der Waals surface area (Å²) in [6, 6.07) is 15.5. The molecule has 1 aromatic heterocycles. The molecule has 4 heteroatoms. The lowest BCUT2D eigenvalue weighted by Crippen LogP contribution is -2.03. The van der Waals surface area contributed by atoms with Gasteiger partial charge < -0.3 is 14.4 Å². The van der Waals surface area contributed by atoms with E-state index in [9.17, 15) is 9.90 Å². The molecule has 0 aliphatic rings. The topological polar surface area (TPSA) is 51.5 Å². The number of benzene rings is 2. The van der Waals surface area contributed by atoms with Gasteiger partial charge in [-0.3, -0.25) is 0 Å².